The topological polar surface area (TPSA) is 32.7 Å². The van der Waals surface area contributed by atoms with Gasteiger partial charge in [0.25, 0.3) is 0 Å². The van der Waals surface area contributed by atoms with Crippen LogP contribution in [0.5, 0.6) is 0 Å². The molecule has 1 aliphatic rings. The van der Waals surface area contributed by atoms with Gasteiger partial charge in [-0.2, -0.15) is 5.26 Å². The minimum atomic E-state index is 0.825. The Morgan fingerprint density at radius 3 is 2.29 bits per heavy atom. The molecule has 122 valence electrons. The fourth-order valence-electron chi connectivity index (χ4n) is 3.32. The van der Waals surface area contributed by atoms with Gasteiger partial charge in [-0.1, -0.05) is 54.6 Å². The molecular formula is C21H25N3+2. The van der Waals surface area contributed by atoms with E-state index in [2.05, 4.69) is 54.6 Å². The third-order valence-corrected chi connectivity index (χ3v) is 4.76. The van der Waals surface area contributed by atoms with Crippen molar-refractivity contribution in [2.75, 3.05) is 32.7 Å². The van der Waals surface area contributed by atoms with Gasteiger partial charge >= 0.3 is 0 Å². The van der Waals surface area contributed by atoms with Crippen LogP contribution < -0.4 is 9.80 Å². The summed E-state index contributed by atoms with van der Waals surface area (Å²) in [6.07, 6.45) is 4.51. The van der Waals surface area contributed by atoms with Crippen LogP contribution in [0.1, 0.15) is 16.7 Å². The highest BCUT2D eigenvalue weighted by molar-refractivity contribution is 5.48. The maximum absolute atomic E-state index is 9.21. The molecule has 1 saturated heterocycles. The lowest BCUT2D eigenvalue weighted by Gasteiger charge is -2.29. The zero-order chi connectivity index (χ0) is 16.6. The Labute approximate surface area is 144 Å². The van der Waals surface area contributed by atoms with Crippen LogP contribution in [0.4, 0.5) is 0 Å². The van der Waals surface area contributed by atoms with Crippen molar-refractivity contribution >= 4 is 6.08 Å². The van der Waals surface area contributed by atoms with Gasteiger partial charge in [-0.05, 0) is 17.7 Å². The Morgan fingerprint density at radius 2 is 1.54 bits per heavy atom. The van der Waals surface area contributed by atoms with E-state index in [1.54, 1.807) is 9.80 Å². The number of piperazine rings is 1. The molecule has 1 aliphatic heterocycles. The Balaban J connectivity index is 1.46. The van der Waals surface area contributed by atoms with Gasteiger partial charge in [0.2, 0.25) is 0 Å². The van der Waals surface area contributed by atoms with Crippen molar-refractivity contribution in [3.63, 3.8) is 0 Å². The van der Waals surface area contributed by atoms with E-state index in [9.17, 15) is 5.26 Å². The predicted octanol–water partition coefficient (Wildman–Crippen LogP) is 0.555. The Kier molecular flexibility index (Phi) is 5.79. The van der Waals surface area contributed by atoms with Crippen molar-refractivity contribution < 1.29 is 9.80 Å². The van der Waals surface area contributed by atoms with Crippen LogP contribution in [0.2, 0.25) is 0 Å². The molecule has 3 rings (SSSR count). The SMILES string of the molecule is N#Cc1ccccc1C[NH+]1CC[NH+](C/C=C/c2ccccc2)CC1. The van der Waals surface area contributed by atoms with Crippen molar-refractivity contribution in [2.24, 2.45) is 0 Å². The highest BCUT2D eigenvalue weighted by Gasteiger charge is 2.22. The van der Waals surface area contributed by atoms with E-state index in [0.717, 1.165) is 18.7 Å². The van der Waals surface area contributed by atoms with Crippen LogP contribution >= 0.6 is 0 Å². The molecule has 2 aromatic carbocycles. The average molecular weight is 319 g/mol. The van der Waals surface area contributed by atoms with Crippen LogP contribution in [0.3, 0.4) is 0 Å². The van der Waals surface area contributed by atoms with Crippen LogP contribution in [0, 0.1) is 11.3 Å². The molecule has 0 spiro atoms. The van der Waals surface area contributed by atoms with E-state index in [4.69, 9.17) is 0 Å². The molecule has 0 bridgehead atoms. The third kappa shape index (κ3) is 4.55. The first-order valence-electron chi connectivity index (χ1n) is 8.72. The first-order chi connectivity index (χ1) is 11.8. The largest absolute Gasteiger partial charge is 0.322 e. The number of benzene rings is 2. The van der Waals surface area contributed by atoms with E-state index in [1.165, 1.54) is 37.3 Å². The fourth-order valence-corrected chi connectivity index (χ4v) is 3.32. The lowest BCUT2D eigenvalue weighted by Crippen LogP contribution is -3.27. The normalized spacial score (nSPS) is 20.8. The minimum absolute atomic E-state index is 0.825. The summed E-state index contributed by atoms with van der Waals surface area (Å²) in [5, 5.41) is 9.21. The van der Waals surface area contributed by atoms with E-state index < -0.39 is 0 Å². The molecule has 3 heteroatoms. The summed E-state index contributed by atoms with van der Waals surface area (Å²) >= 11 is 0. The van der Waals surface area contributed by atoms with Crippen LogP contribution in [-0.4, -0.2) is 32.7 Å². The van der Waals surface area contributed by atoms with Gasteiger partial charge in [0.1, 0.15) is 32.7 Å². The van der Waals surface area contributed by atoms with Crippen LogP contribution in [-0.2, 0) is 6.54 Å². The Hall–Kier alpha value is -2.41. The number of nitrogens with one attached hydrogen (secondary N) is 2. The zero-order valence-electron chi connectivity index (χ0n) is 14.0. The molecule has 2 aromatic rings. The van der Waals surface area contributed by atoms with Gasteiger partial charge in [0.15, 0.2) is 0 Å². The van der Waals surface area contributed by atoms with E-state index in [0.29, 0.717) is 0 Å². The van der Waals surface area contributed by atoms with Gasteiger partial charge in [0.05, 0.1) is 18.2 Å². The second kappa shape index (κ2) is 8.44. The first kappa shape index (κ1) is 16.4. The summed E-state index contributed by atoms with van der Waals surface area (Å²) in [6.45, 7) is 6.81. The zero-order valence-corrected chi connectivity index (χ0v) is 14.0. The van der Waals surface area contributed by atoms with Crippen molar-refractivity contribution in [1.82, 2.24) is 0 Å². The van der Waals surface area contributed by atoms with Crippen molar-refractivity contribution in [2.45, 2.75) is 6.54 Å². The summed E-state index contributed by atoms with van der Waals surface area (Å²) in [4.78, 5) is 3.24. The molecule has 0 aliphatic carbocycles. The smallest absolute Gasteiger partial charge is 0.127 e. The van der Waals surface area contributed by atoms with Gasteiger partial charge in [-0.3, -0.25) is 0 Å². The molecule has 0 radical (unpaired) electrons. The molecule has 1 fully saturated rings. The molecular weight excluding hydrogens is 294 g/mol. The molecule has 0 aromatic heterocycles. The lowest BCUT2D eigenvalue weighted by atomic mass is 10.1. The maximum atomic E-state index is 9.21. The number of nitrogens with zero attached hydrogens (tertiary/aromatic N) is 1. The first-order valence-corrected chi connectivity index (χ1v) is 8.72. The van der Waals surface area contributed by atoms with Crippen LogP contribution in [0.25, 0.3) is 6.08 Å². The van der Waals surface area contributed by atoms with Gasteiger partial charge in [0, 0.05) is 5.56 Å². The van der Waals surface area contributed by atoms with Crippen molar-refractivity contribution in [3.05, 3.63) is 77.4 Å². The van der Waals surface area contributed by atoms with Gasteiger partial charge in [-0.25, -0.2) is 0 Å². The number of rotatable bonds is 5. The number of hydrogen-bond acceptors (Lipinski definition) is 1. The van der Waals surface area contributed by atoms with Crippen molar-refractivity contribution in [1.29, 1.82) is 5.26 Å². The lowest BCUT2D eigenvalue weighted by molar-refractivity contribution is -1.02. The molecule has 3 nitrogen and oxygen atoms in total. The summed E-state index contributed by atoms with van der Waals surface area (Å²) in [6, 6.07) is 20.8. The van der Waals surface area contributed by atoms with E-state index in [1.807, 2.05) is 18.2 Å². The average Bonchev–Trinajstić information content (AvgIpc) is 2.64. The number of quaternary nitrogens is 2. The highest BCUT2D eigenvalue weighted by Crippen LogP contribution is 2.05. The Morgan fingerprint density at radius 1 is 0.875 bits per heavy atom. The fraction of sp³-hybridized carbons (Fsp3) is 0.286. The maximum Gasteiger partial charge on any atom is 0.127 e. The third-order valence-electron chi connectivity index (χ3n) is 4.76. The van der Waals surface area contributed by atoms with Crippen molar-refractivity contribution in [3.8, 4) is 6.07 Å². The number of nitriles is 1. The molecule has 0 atom stereocenters. The summed E-state index contributed by atoms with van der Waals surface area (Å²) in [5.41, 5.74) is 3.28. The quantitative estimate of drug-likeness (QED) is 0.829. The Bertz CT molecular complexity index is 707. The monoisotopic (exact) mass is 319 g/mol. The van der Waals surface area contributed by atoms with Gasteiger partial charge < -0.3 is 9.80 Å². The summed E-state index contributed by atoms with van der Waals surface area (Å²) in [5.74, 6) is 0. The van der Waals surface area contributed by atoms with E-state index in [-0.39, 0.29) is 0 Å². The number of hydrogen-bond donors (Lipinski definition) is 2. The molecule has 0 amide bonds. The molecule has 1 heterocycles. The molecule has 24 heavy (non-hydrogen) atoms. The summed E-state index contributed by atoms with van der Waals surface area (Å²) < 4.78 is 0. The molecule has 2 N–H and O–H groups in total. The molecule has 0 unspecified atom stereocenters. The molecule has 0 saturated carbocycles. The van der Waals surface area contributed by atoms with E-state index >= 15 is 0 Å². The highest BCUT2D eigenvalue weighted by atomic mass is 15.3. The second-order valence-electron chi connectivity index (χ2n) is 6.46. The minimum Gasteiger partial charge on any atom is -0.322 e. The predicted molar refractivity (Wildman–Crippen MR) is 96.6 cm³/mol. The van der Waals surface area contributed by atoms with Crippen LogP contribution in [0.15, 0.2) is 60.7 Å². The standard InChI is InChI=1S/C21H23N3/c22-17-20-10-4-5-11-21(20)18-24-15-13-23(14-16-24)12-6-9-19-7-2-1-3-8-19/h1-11H,12-16,18H2/p+2/b9-6+. The van der Waals surface area contributed by atoms with Gasteiger partial charge in [-0.15, -0.1) is 0 Å². The second-order valence-corrected chi connectivity index (χ2v) is 6.46. The summed E-state index contributed by atoms with van der Waals surface area (Å²) in [7, 11) is 0.